The molecule has 0 saturated heterocycles. The quantitative estimate of drug-likeness (QED) is 0.576. The summed E-state index contributed by atoms with van der Waals surface area (Å²) >= 11 is 0. The van der Waals surface area contributed by atoms with E-state index in [1.807, 2.05) is 54.6 Å². The molecule has 1 heterocycles. The molecule has 4 rings (SSSR count). The Hall–Kier alpha value is -3.87. The van der Waals surface area contributed by atoms with E-state index in [-0.39, 0.29) is 18.5 Å². The molecule has 7 heteroatoms. The van der Waals surface area contributed by atoms with Gasteiger partial charge in [-0.2, -0.15) is 0 Å². The largest absolute Gasteiger partial charge is 0.489 e. The number of benzene rings is 3. The number of para-hydroxylation sites is 1. The maximum atomic E-state index is 12.9. The van der Waals surface area contributed by atoms with Crippen LogP contribution < -0.4 is 15.4 Å². The molecule has 3 aromatic carbocycles. The Balaban J connectivity index is 1.24. The summed E-state index contributed by atoms with van der Waals surface area (Å²) in [6.07, 6.45) is 0.338. The first-order valence-electron chi connectivity index (χ1n) is 9.96. The Bertz CT molecular complexity index is 1060. The van der Waals surface area contributed by atoms with Gasteiger partial charge in [0.25, 0.3) is 0 Å². The number of carbonyl (C=O) groups excluding carboxylic acids is 1. The molecular weight excluding hydrogens is 397 g/mol. The molecule has 0 bridgehead atoms. The van der Waals surface area contributed by atoms with Gasteiger partial charge in [0.15, 0.2) is 6.10 Å². The van der Waals surface area contributed by atoms with Gasteiger partial charge in [-0.25, -0.2) is 9.18 Å². The van der Waals surface area contributed by atoms with Gasteiger partial charge in [-0.1, -0.05) is 53.7 Å². The molecule has 1 unspecified atom stereocenters. The van der Waals surface area contributed by atoms with Crippen LogP contribution in [0.3, 0.4) is 0 Å². The number of ether oxygens (including phenoxy) is 1. The van der Waals surface area contributed by atoms with Crippen LogP contribution in [0.15, 0.2) is 84.0 Å². The van der Waals surface area contributed by atoms with Gasteiger partial charge >= 0.3 is 6.03 Å². The minimum absolute atomic E-state index is 0.221. The lowest BCUT2D eigenvalue weighted by Gasteiger charge is -2.14. The van der Waals surface area contributed by atoms with Gasteiger partial charge in [0.2, 0.25) is 0 Å². The van der Waals surface area contributed by atoms with E-state index >= 15 is 0 Å². The van der Waals surface area contributed by atoms with E-state index in [4.69, 9.17) is 9.57 Å². The second-order valence-electron chi connectivity index (χ2n) is 7.08. The van der Waals surface area contributed by atoms with E-state index in [1.165, 1.54) is 24.3 Å². The molecule has 1 aliphatic rings. The summed E-state index contributed by atoms with van der Waals surface area (Å²) in [4.78, 5) is 17.4. The lowest BCUT2D eigenvalue weighted by Crippen LogP contribution is -2.33. The molecule has 3 aromatic rings. The van der Waals surface area contributed by atoms with E-state index in [2.05, 4.69) is 15.8 Å². The van der Waals surface area contributed by atoms with Crippen molar-refractivity contribution in [2.24, 2.45) is 5.16 Å². The number of nitrogens with one attached hydrogen (secondary N) is 2. The van der Waals surface area contributed by atoms with Crippen molar-refractivity contribution in [1.82, 2.24) is 5.32 Å². The average molecular weight is 419 g/mol. The predicted molar refractivity (Wildman–Crippen MR) is 118 cm³/mol. The summed E-state index contributed by atoms with van der Waals surface area (Å²) in [6, 6.07) is 23.1. The third kappa shape index (κ3) is 5.60. The minimum Gasteiger partial charge on any atom is -0.489 e. The van der Waals surface area contributed by atoms with Crippen LogP contribution in [-0.2, 0) is 4.84 Å². The SMILES string of the molecule is O=C(NCC1=NOC(COc2ccccc2-c2ccccc2)C1)Nc1ccc(F)cc1. The molecule has 0 fully saturated rings. The molecule has 1 aliphatic heterocycles. The van der Waals surface area contributed by atoms with Gasteiger partial charge in [-0.3, -0.25) is 0 Å². The summed E-state index contributed by atoms with van der Waals surface area (Å²) in [5, 5.41) is 9.40. The highest BCUT2D eigenvalue weighted by Crippen LogP contribution is 2.30. The molecule has 0 spiro atoms. The summed E-state index contributed by atoms with van der Waals surface area (Å²) in [6.45, 7) is 0.600. The van der Waals surface area contributed by atoms with E-state index in [1.54, 1.807) is 0 Å². The van der Waals surface area contributed by atoms with Crippen LogP contribution in [0.2, 0.25) is 0 Å². The summed E-state index contributed by atoms with van der Waals surface area (Å²) < 4.78 is 18.9. The number of urea groups is 1. The molecule has 6 nitrogen and oxygen atoms in total. The van der Waals surface area contributed by atoms with Crippen LogP contribution in [0.5, 0.6) is 5.75 Å². The fourth-order valence-electron chi connectivity index (χ4n) is 3.20. The van der Waals surface area contributed by atoms with Crippen LogP contribution in [-0.4, -0.2) is 31.0 Å². The number of hydrogen-bond donors (Lipinski definition) is 2. The fraction of sp³-hybridized carbons (Fsp3) is 0.167. The predicted octanol–water partition coefficient (Wildman–Crippen LogP) is 4.84. The second kappa shape index (κ2) is 9.75. The molecular formula is C24H22FN3O3. The third-order valence-electron chi connectivity index (χ3n) is 4.75. The number of carbonyl (C=O) groups is 1. The first-order chi connectivity index (χ1) is 15.2. The van der Waals surface area contributed by atoms with Crippen molar-refractivity contribution < 1.29 is 18.8 Å². The van der Waals surface area contributed by atoms with Crippen molar-refractivity contribution in [3.05, 3.63) is 84.7 Å². The topological polar surface area (TPSA) is 72.0 Å². The molecule has 0 radical (unpaired) electrons. The van der Waals surface area contributed by atoms with Crippen LogP contribution in [0.25, 0.3) is 11.1 Å². The first-order valence-corrected chi connectivity index (χ1v) is 9.96. The van der Waals surface area contributed by atoms with Crippen LogP contribution in [0.1, 0.15) is 6.42 Å². The molecule has 0 aliphatic carbocycles. The van der Waals surface area contributed by atoms with Crippen LogP contribution >= 0.6 is 0 Å². The summed E-state index contributed by atoms with van der Waals surface area (Å²) in [5.41, 5.74) is 3.33. The second-order valence-corrected chi connectivity index (χ2v) is 7.08. The smallest absolute Gasteiger partial charge is 0.319 e. The zero-order chi connectivity index (χ0) is 21.5. The number of halogens is 1. The summed E-state index contributed by atoms with van der Waals surface area (Å²) in [7, 11) is 0. The molecule has 31 heavy (non-hydrogen) atoms. The number of hydrogen-bond acceptors (Lipinski definition) is 4. The van der Waals surface area contributed by atoms with Gasteiger partial charge < -0.3 is 20.2 Å². The Morgan fingerprint density at radius 3 is 2.58 bits per heavy atom. The maximum Gasteiger partial charge on any atom is 0.319 e. The lowest BCUT2D eigenvalue weighted by atomic mass is 10.0. The zero-order valence-electron chi connectivity index (χ0n) is 16.8. The average Bonchev–Trinajstić information content (AvgIpc) is 3.27. The highest BCUT2D eigenvalue weighted by Gasteiger charge is 2.22. The highest BCUT2D eigenvalue weighted by molar-refractivity contribution is 5.94. The van der Waals surface area contributed by atoms with Gasteiger partial charge in [0.05, 0.1) is 12.3 Å². The Morgan fingerprint density at radius 1 is 1.03 bits per heavy atom. The first kappa shape index (κ1) is 20.4. The number of nitrogens with zero attached hydrogens (tertiary/aromatic N) is 1. The minimum atomic E-state index is -0.397. The van der Waals surface area contributed by atoms with Crippen LogP contribution in [0.4, 0.5) is 14.9 Å². The standard InChI is InChI=1S/C24H22FN3O3/c25-18-10-12-19(13-11-18)27-24(29)26-15-20-14-21(31-28-20)16-30-23-9-5-4-8-22(23)17-6-2-1-3-7-17/h1-13,21H,14-16H2,(H2,26,27,29). The number of rotatable bonds is 7. The fourth-order valence-corrected chi connectivity index (χ4v) is 3.20. The third-order valence-corrected chi connectivity index (χ3v) is 4.75. The Labute approximate surface area is 179 Å². The maximum absolute atomic E-state index is 12.9. The monoisotopic (exact) mass is 419 g/mol. The number of amides is 2. The van der Waals surface area contributed by atoms with Crippen molar-refractivity contribution in [2.75, 3.05) is 18.5 Å². The van der Waals surface area contributed by atoms with Gasteiger partial charge in [-0.05, 0) is 35.9 Å². The van der Waals surface area contributed by atoms with Crippen molar-refractivity contribution in [2.45, 2.75) is 12.5 Å². The van der Waals surface area contributed by atoms with E-state index in [0.717, 1.165) is 22.6 Å². The highest BCUT2D eigenvalue weighted by atomic mass is 19.1. The lowest BCUT2D eigenvalue weighted by molar-refractivity contribution is 0.0472. The van der Waals surface area contributed by atoms with Gasteiger partial charge in [0.1, 0.15) is 18.2 Å². The van der Waals surface area contributed by atoms with Crippen molar-refractivity contribution in [3.8, 4) is 16.9 Å². The molecule has 1 atom stereocenters. The molecule has 2 N–H and O–H groups in total. The van der Waals surface area contributed by atoms with Crippen molar-refractivity contribution in [3.63, 3.8) is 0 Å². The number of anilines is 1. The Kier molecular flexibility index (Phi) is 6.42. The summed E-state index contributed by atoms with van der Waals surface area (Å²) in [5.74, 6) is 0.422. The van der Waals surface area contributed by atoms with Gasteiger partial charge in [-0.15, -0.1) is 0 Å². The van der Waals surface area contributed by atoms with Gasteiger partial charge in [0, 0.05) is 17.7 Å². The van der Waals surface area contributed by atoms with E-state index in [9.17, 15) is 9.18 Å². The normalized spacial score (nSPS) is 15.0. The Morgan fingerprint density at radius 2 is 1.77 bits per heavy atom. The molecule has 158 valence electrons. The zero-order valence-corrected chi connectivity index (χ0v) is 16.8. The van der Waals surface area contributed by atoms with Crippen LogP contribution in [0, 0.1) is 5.82 Å². The molecule has 0 saturated carbocycles. The molecule has 0 aromatic heterocycles. The molecule has 2 amide bonds. The van der Waals surface area contributed by atoms with Crippen molar-refractivity contribution in [1.29, 1.82) is 0 Å². The van der Waals surface area contributed by atoms with E-state index in [0.29, 0.717) is 18.7 Å². The van der Waals surface area contributed by atoms with Crippen molar-refractivity contribution >= 4 is 17.4 Å². The van der Waals surface area contributed by atoms with E-state index < -0.39 is 6.03 Å². The number of oxime groups is 1.